The van der Waals surface area contributed by atoms with Crippen LogP contribution in [0.4, 0.5) is 17.6 Å². The van der Waals surface area contributed by atoms with Crippen molar-refractivity contribution in [2.75, 3.05) is 5.75 Å². The van der Waals surface area contributed by atoms with Crippen molar-refractivity contribution < 1.29 is 47.9 Å². The van der Waals surface area contributed by atoms with Crippen LogP contribution in [0.15, 0.2) is 4.90 Å². The Labute approximate surface area is 163 Å². The number of ketones is 1. The van der Waals surface area contributed by atoms with E-state index in [1.54, 1.807) is 13.8 Å². The SMILES string of the molecule is CC1(C)C2CCC1(CS(=O)(=O)Oc1c(F)c(F)c(S(=O)(=O)[O-])c(F)c1F)C(=O)C2. The zero-order chi connectivity index (χ0) is 22.2. The molecule has 0 saturated heterocycles. The van der Waals surface area contributed by atoms with Crippen molar-refractivity contribution in [2.24, 2.45) is 16.7 Å². The van der Waals surface area contributed by atoms with Gasteiger partial charge >= 0.3 is 10.1 Å². The summed E-state index contributed by atoms with van der Waals surface area (Å²) in [4.78, 5) is 9.98. The van der Waals surface area contributed by atoms with Crippen LogP contribution in [0.5, 0.6) is 5.75 Å². The third-order valence-corrected chi connectivity index (χ3v) is 8.33. The van der Waals surface area contributed by atoms with Crippen LogP contribution in [0, 0.1) is 40.0 Å². The van der Waals surface area contributed by atoms with Gasteiger partial charge in [0.2, 0.25) is 17.4 Å². The average molecular weight is 459 g/mol. The van der Waals surface area contributed by atoms with Crippen molar-refractivity contribution in [1.82, 2.24) is 0 Å². The minimum absolute atomic E-state index is 0.0879. The molecular formula is C16H15F4O7S2-. The van der Waals surface area contributed by atoms with Crippen molar-refractivity contribution in [3.8, 4) is 5.75 Å². The van der Waals surface area contributed by atoms with Crippen molar-refractivity contribution in [3.63, 3.8) is 0 Å². The van der Waals surface area contributed by atoms with Gasteiger partial charge in [0.25, 0.3) is 0 Å². The van der Waals surface area contributed by atoms with E-state index in [9.17, 15) is 43.7 Å². The lowest BCUT2D eigenvalue weighted by Crippen LogP contribution is -2.43. The highest BCUT2D eigenvalue weighted by Crippen LogP contribution is 2.64. The maximum atomic E-state index is 14.1. The molecule has 0 aliphatic heterocycles. The van der Waals surface area contributed by atoms with Crippen LogP contribution in [0.1, 0.15) is 33.1 Å². The van der Waals surface area contributed by atoms with E-state index in [0.717, 1.165) is 0 Å². The number of fused-ring (bicyclic) bond motifs is 2. The van der Waals surface area contributed by atoms with Gasteiger partial charge in [0.15, 0.2) is 11.6 Å². The van der Waals surface area contributed by atoms with E-state index < -0.39 is 70.7 Å². The minimum Gasteiger partial charge on any atom is -0.744 e. The summed E-state index contributed by atoms with van der Waals surface area (Å²) in [7, 11) is -10.9. The minimum atomic E-state index is -5.95. The third-order valence-electron chi connectivity index (χ3n) is 6.21. The van der Waals surface area contributed by atoms with Gasteiger partial charge in [-0.15, -0.1) is 0 Å². The Bertz CT molecular complexity index is 1100. The summed E-state index contributed by atoms with van der Waals surface area (Å²) >= 11 is 0. The van der Waals surface area contributed by atoms with Gasteiger partial charge in [-0.25, -0.2) is 17.2 Å². The number of carbonyl (C=O) groups excluding carboxylic acids is 1. The van der Waals surface area contributed by atoms with Crippen LogP contribution < -0.4 is 4.18 Å². The molecule has 7 nitrogen and oxygen atoms in total. The molecule has 3 rings (SSSR count). The topological polar surface area (TPSA) is 118 Å². The number of benzene rings is 1. The Kier molecular flexibility index (Phi) is 4.83. The van der Waals surface area contributed by atoms with Gasteiger partial charge in [-0.05, 0) is 24.2 Å². The summed E-state index contributed by atoms with van der Waals surface area (Å²) in [6.45, 7) is 3.36. The number of Topliss-reactive ketones (excluding diaryl/α,β-unsaturated/α-hetero) is 1. The molecule has 2 fully saturated rings. The largest absolute Gasteiger partial charge is 0.744 e. The normalized spacial score (nSPS) is 26.2. The summed E-state index contributed by atoms with van der Waals surface area (Å²) in [5, 5.41) is 0. The van der Waals surface area contributed by atoms with E-state index in [1.165, 1.54) is 0 Å². The molecule has 0 amide bonds. The molecule has 2 unspecified atom stereocenters. The molecule has 2 aliphatic carbocycles. The molecular weight excluding hydrogens is 444 g/mol. The second-order valence-electron chi connectivity index (χ2n) is 7.82. The average Bonchev–Trinajstić information content (AvgIpc) is 2.89. The first-order valence-electron chi connectivity index (χ1n) is 8.32. The summed E-state index contributed by atoms with van der Waals surface area (Å²) < 4.78 is 117. The second kappa shape index (κ2) is 6.38. The van der Waals surface area contributed by atoms with Crippen LogP contribution in [-0.2, 0) is 25.0 Å². The molecule has 0 spiro atoms. The Balaban J connectivity index is 2.04. The summed E-state index contributed by atoms with van der Waals surface area (Å²) in [5.74, 6) is -13.7. The first kappa shape index (κ1) is 22.0. The zero-order valence-electron chi connectivity index (χ0n) is 15.1. The maximum absolute atomic E-state index is 14.1. The number of halogens is 4. The molecule has 2 saturated carbocycles. The van der Waals surface area contributed by atoms with Crippen LogP contribution >= 0.6 is 0 Å². The molecule has 29 heavy (non-hydrogen) atoms. The van der Waals surface area contributed by atoms with Gasteiger partial charge in [-0.1, -0.05) is 13.8 Å². The number of hydrogen-bond donors (Lipinski definition) is 0. The number of rotatable bonds is 5. The van der Waals surface area contributed by atoms with Gasteiger partial charge in [0.1, 0.15) is 20.8 Å². The Morgan fingerprint density at radius 3 is 1.93 bits per heavy atom. The molecule has 0 aromatic heterocycles. The van der Waals surface area contributed by atoms with Gasteiger partial charge in [-0.3, -0.25) is 4.79 Å². The van der Waals surface area contributed by atoms with Crippen LogP contribution in [0.3, 0.4) is 0 Å². The molecule has 0 N–H and O–H groups in total. The van der Waals surface area contributed by atoms with Crippen LogP contribution in [0.25, 0.3) is 0 Å². The highest BCUT2D eigenvalue weighted by atomic mass is 32.2. The maximum Gasteiger partial charge on any atom is 0.310 e. The first-order valence-corrected chi connectivity index (χ1v) is 11.3. The molecule has 13 heteroatoms. The molecule has 2 aliphatic rings. The van der Waals surface area contributed by atoms with E-state index in [2.05, 4.69) is 4.18 Å². The number of carbonyl (C=O) groups is 1. The summed E-state index contributed by atoms with van der Waals surface area (Å²) in [5.41, 5.74) is -2.15. The van der Waals surface area contributed by atoms with E-state index in [4.69, 9.17) is 0 Å². The molecule has 2 bridgehead atoms. The summed E-state index contributed by atoms with van der Waals surface area (Å²) in [6.07, 6.45) is 0.869. The molecule has 162 valence electrons. The van der Waals surface area contributed by atoms with Crippen LogP contribution in [-0.4, -0.2) is 32.9 Å². The van der Waals surface area contributed by atoms with Crippen molar-refractivity contribution in [3.05, 3.63) is 23.3 Å². The first-order chi connectivity index (χ1) is 13.0. The fourth-order valence-corrected chi connectivity index (χ4v) is 6.81. The molecule has 0 radical (unpaired) electrons. The Morgan fingerprint density at radius 2 is 1.55 bits per heavy atom. The van der Waals surface area contributed by atoms with Gasteiger partial charge in [0.05, 0.1) is 11.2 Å². The molecule has 1 aromatic carbocycles. The van der Waals surface area contributed by atoms with E-state index in [1.807, 2.05) is 0 Å². The van der Waals surface area contributed by atoms with E-state index in [-0.39, 0.29) is 24.5 Å². The Morgan fingerprint density at radius 1 is 1.03 bits per heavy atom. The third kappa shape index (κ3) is 3.13. The van der Waals surface area contributed by atoms with Crippen molar-refractivity contribution >= 4 is 26.0 Å². The smallest absolute Gasteiger partial charge is 0.310 e. The fraction of sp³-hybridized carbons (Fsp3) is 0.562. The fourth-order valence-electron chi connectivity index (χ4n) is 4.45. The van der Waals surface area contributed by atoms with Gasteiger partial charge in [0, 0.05) is 6.42 Å². The predicted octanol–water partition coefficient (Wildman–Crippen LogP) is 2.25. The monoisotopic (exact) mass is 459 g/mol. The van der Waals surface area contributed by atoms with Gasteiger partial charge < -0.3 is 8.74 Å². The highest BCUT2D eigenvalue weighted by molar-refractivity contribution is 7.87. The Hall–Kier alpha value is -1.73. The lowest BCUT2D eigenvalue weighted by Gasteiger charge is -2.35. The van der Waals surface area contributed by atoms with Crippen LogP contribution in [0.2, 0.25) is 0 Å². The molecule has 1 aromatic rings. The summed E-state index contributed by atoms with van der Waals surface area (Å²) in [6, 6.07) is 0. The van der Waals surface area contributed by atoms with Gasteiger partial charge in [-0.2, -0.15) is 17.2 Å². The molecule has 0 heterocycles. The predicted molar refractivity (Wildman–Crippen MR) is 87.2 cm³/mol. The molecule has 2 atom stereocenters. The number of hydrogen-bond acceptors (Lipinski definition) is 7. The quantitative estimate of drug-likeness (QED) is 0.287. The highest BCUT2D eigenvalue weighted by Gasteiger charge is 2.65. The van der Waals surface area contributed by atoms with Crippen molar-refractivity contribution in [2.45, 2.75) is 38.0 Å². The van der Waals surface area contributed by atoms with Crippen molar-refractivity contribution in [1.29, 1.82) is 0 Å². The zero-order valence-corrected chi connectivity index (χ0v) is 16.7. The second-order valence-corrected chi connectivity index (χ2v) is 10.7. The lowest BCUT2D eigenvalue weighted by molar-refractivity contribution is -0.128. The van der Waals surface area contributed by atoms with E-state index in [0.29, 0.717) is 6.42 Å². The van der Waals surface area contributed by atoms with E-state index >= 15 is 0 Å². The lowest BCUT2D eigenvalue weighted by atomic mass is 9.70. The standard InChI is InChI=1S/C16H16F4O7S2/c1-15(2)7-3-4-16(15,8(21)5-7)6-28(22,23)27-13-9(17)11(19)14(29(24,25)26)12(20)10(13)18/h7H,3-6H2,1-2H3,(H,24,25,26)/p-1.